The van der Waals surface area contributed by atoms with Gasteiger partial charge in [-0.25, -0.2) is 9.97 Å². The second-order valence-corrected chi connectivity index (χ2v) is 4.98. The molecule has 0 unspecified atom stereocenters. The van der Waals surface area contributed by atoms with E-state index in [4.69, 9.17) is 0 Å². The molecule has 0 aliphatic carbocycles. The Bertz CT molecular complexity index is 269. The molecule has 0 spiro atoms. The van der Waals surface area contributed by atoms with Crippen LogP contribution < -0.4 is 0 Å². The van der Waals surface area contributed by atoms with Crippen molar-refractivity contribution in [3.05, 3.63) is 21.3 Å². The maximum absolute atomic E-state index is 4.39. The molecule has 3 heteroatoms. The Morgan fingerprint density at radius 3 is 2.25 bits per heavy atom. The highest BCUT2D eigenvalue weighted by molar-refractivity contribution is 14.1. The first-order valence-electron chi connectivity index (χ1n) is 3.91. The summed E-state index contributed by atoms with van der Waals surface area (Å²) in [6.45, 7) is 8.40. The average molecular weight is 276 g/mol. The quantitative estimate of drug-likeness (QED) is 0.538. The first kappa shape index (κ1) is 9.89. The van der Waals surface area contributed by atoms with Crippen LogP contribution in [0.1, 0.15) is 32.3 Å². The molecule has 0 fully saturated rings. The lowest BCUT2D eigenvalue weighted by molar-refractivity contribution is 0.563. The summed E-state index contributed by atoms with van der Waals surface area (Å²) in [7, 11) is 0. The summed E-state index contributed by atoms with van der Waals surface area (Å²) < 4.78 is 1.02. The van der Waals surface area contributed by atoms with Crippen LogP contribution in [0.15, 0.2) is 6.07 Å². The average Bonchev–Trinajstić information content (AvgIpc) is 1.82. The topological polar surface area (TPSA) is 25.8 Å². The van der Waals surface area contributed by atoms with E-state index >= 15 is 0 Å². The molecule has 1 aromatic rings. The monoisotopic (exact) mass is 276 g/mol. The van der Waals surface area contributed by atoms with Crippen LogP contribution in [-0.4, -0.2) is 9.97 Å². The number of rotatable bonds is 0. The molecule has 0 radical (unpaired) electrons. The SMILES string of the molecule is Cc1nc(I)cc(C(C)(C)C)n1. The minimum atomic E-state index is 0.119. The van der Waals surface area contributed by atoms with Crippen molar-refractivity contribution in [1.82, 2.24) is 9.97 Å². The highest BCUT2D eigenvalue weighted by Crippen LogP contribution is 2.20. The highest BCUT2D eigenvalue weighted by atomic mass is 127. The molecule has 1 heterocycles. The lowest BCUT2D eigenvalue weighted by Gasteiger charge is -2.17. The predicted octanol–water partition coefficient (Wildman–Crippen LogP) is 2.69. The Morgan fingerprint density at radius 2 is 1.83 bits per heavy atom. The Hall–Kier alpha value is -0.190. The van der Waals surface area contributed by atoms with Gasteiger partial charge in [-0.15, -0.1) is 0 Å². The number of halogens is 1. The van der Waals surface area contributed by atoms with Gasteiger partial charge >= 0.3 is 0 Å². The van der Waals surface area contributed by atoms with Crippen molar-refractivity contribution in [2.75, 3.05) is 0 Å². The molecular weight excluding hydrogens is 263 g/mol. The molecule has 0 aliphatic heterocycles. The van der Waals surface area contributed by atoms with Crippen LogP contribution in [0, 0.1) is 10.6 Å². The molecule has 0 amide bonds. The van der Waals surface area contributed by atoms with Gasteiger partial charge in [0.05, 0.1) is 5.69 Å². The number of aromatic nitrogens is 2. The first-order valence-corrected chi connectivity index (χ1v) is 4.99. The van der Waals surface area contributed by atoms with Crippen molar-refractivity contribution in [2.24, 2.45) is 0 Å². The van der Waals surface area contributed by atoms with Crippen LogP contribution >= 0.6 is 22.6 Å². The number of aryl methyl sites for hydroxylation is 1. The molecule has 0 saturated carbocycles. The van der Waals surface area contributed by atoms with Gasteiger partial charge in [-0.1, -0.05) is 20.8 Å². The van der Waals surface area contributed by atoms with E-state index in [-0.39, 0.29) is 5.41 Å². The minimum absolute atomic E-state index is 0.119. The molecule has 12 heavy (non-hydrogen) atoms. The summed E-state index contributed by atoms with van der Waals surface area (Å²) in [6.07, 6.45) is 0. The van der Waals surface area contributed by atoms with E-state index in [1.807, 2.05) is 13.0 Å². The molecular formula is C9H13IN2. The lowest BCUT2D eigenvalue weighted by atomic mass is 9.92. The fraction of sp³-hybridized carbons (Fsp3) is 0.556. The Balaban J connectivity index is 3.18. The molecule has 0 saturated heterocycles. The van der Waals surface area contributed by atoms with E-state index in [9.17, 15) is 0 Å². The standard InChI is InChI=1S/C9H13IN2/c1-6-11-7(9(2,3)4)5-8(10)12-6/h5H,1-4H3. The summed E-state index contributed by atoms with van der Waals surface area (Å²) in [4.78, 5) is 8.61. The Morgan fingerprint density at radius 1 is 1.25 bits per heavy atom. The van der Waals surface area contributed by atoms with Gasteiger partial charge in [0.1, 0.15) is 9.53 Å². The van der Waals surface area contributed by atoms with Crippen molar-refractivity contribution >= 4 is 22.6 Å². The van der Waals surface area contributed by atoms with E-state index in [1.165, 1.54) is 0 Å². The summed E-state index contributed by atoms with van der Waals surface area (Å²) in [6, 6.07) is 2.04. The fourth-order valence-electron chi connectivity index (χ4n) is 0.915. The molecule has 0 aromatic carbocycles. The largest absolute Gasteiger partial charge is 0.238 e. The zero-order valence-corrected chi connectivity index (χ0v) is 10.0. The van der Waals surface area contributed by atoms with Crippen molar-refractivity contribution < 1.29 is 0 Å². The van der Waals surface area contributed by atoms with Gasteiger partial charge in [-0.05, 0) is 35.6 Å². The molecule has 1 rings (SSSR count). The summed E-state index contributed by atoms with van der Waals surface area (Å²) >= 11 is 2.22. The van der Waals surface area contributed by atoms with Crippen LogP contribution in [0.5, 0.6) is 0 Å². The second kappa shape index (κ2) is 3.28. The lowest BCUT2D eigenvalue weighted by Crippen LogP contribution is -2.15. The van der Waals surface area contributed by atoms with Gasteiger partial charge in [0.25, 0.3) is 0 Å². The van der Waals surface area contributed by atoms with Gasteiger partial charge < -0.3 is 0 Å². The molecule has 0 atom stereocenters. The summed E-state index contributed by atoms with van der Waals surface area (Å²) in [5.41, 5.74) is 1.23. The van der Waals surface area contributed by atoms with E-state index in [0.29, 0.717) is 0 Å². The Labute approximate surface area is 87.0 Å². The summed E-state index contributed by atoms with van der Waals surface area (Å²) in [5, 5.41) is 0. The maximum atomic E-state index is 4.39. The van der Waals surface area contributed by atoms with Crippen LogP contribution in [0.25, 0.3) is 0 Å². The molecule has 2 nitrogen and oxygen atoms in total. The first-order chi connectivity index (χ1) is 5.39. The van der Waals surface area contributed by atoms with Crippen LogP contribution in [0.2, 0.25) is 0 Å². The third kappa shape index (κ3) is 2.40. The number of nitrogens with zero attached hydrogens (tertiary/aromatic N) is 2. The fourth-order valence-corrected chi connectivity index (χ4v) is 1.56. The van der Waals surface area contributed by atoms with Crippen molar-refractivity contribution in [3.8, 4) is 0 Å². The van der Waals surface area contributed by atoms with E-state index in [2.05, 4.69) is 53.3 Å². The minimum Gasteiger partial charge on any atom is -0.238 e. The Kier molecular flexibility index (Phi) is 2.70. The van der Waals surface area contributed by atoms with Gasteiger partial charge in [-0.2, -0.15) is 0 Å². The molecule has 0 bridgehead atoms. The van der Waals surface area contributed by atoms with Crippen molar-refractivity contribution in [3.63, 3.8) is 0 Å². The molecule has 0 aliphatic rings. The van der Waals surface area contributed by atoms with Gasteiger partial charge in [0.15, 0.2) is 0 Å². The van der Waals surface area contributed by atoms with Crippen LogP contribution in [-0.2, 0) is 5.41 Å². The smallest absolute Gasteiger partial charge is 0.126 e. The molecule has 0 N–H and O–H groups in total. The third-order valence-corrected chi connectivity index (χ3v) is 2.13. The molecule has 66 valence electrons. The predicted molar refractivity (Wildman–Crippen MR) is 58.2 cm³/mol. The van der Waals surface area contributed by atoms with Crippen LogP contribution in [0.3, 0.4) is 0 Å². The van der Waals surface area contributed by atoms with Crippen molar-refractivity contribution in [1.29, 1.82) is 0 Å². The zero-order valence-electron chi connectivity index (χ0n) is 7.85. The zero-order chi connectivity index (χ0) is 9.35. The van der Waals surface area contributed by atoms with E-state index < -0.39 is 0 Å². The van der Waals surface area contributed by atoms with Crippen molar-refractivity contribution in [2.45, 2.75) is 33.1 Å². The van der Waals surface area contributed by atoms with E-state index in [1.54, 1.807) is 0 Å². The summed E-state index contributed by atoms with van der Waals surface area (Å²) in [5.74, 6) is 0.854. The second-order valence-electron chi connectivity index (χ2n) is 3.87. The highest BCUT2D eigenvalue weighted by Gasteiger charge is 2.16. The normalized spacial score (nSPS) is 11.8. The van der Waals surface area contributed by atoms with Crippen LogP contribution in [0.4, 0.5) is 0 Å². The maximum Gasteiger partial charge on any atom is 0.126 e. The molecule has 1 aromatic heterocycles. The van der Waals surface area contributed by atoms with Gasteiger partial charge in [0.2, 0.25) is 0 Å². The van der Waals surface area contributed by atoms with Gasteiger partial charge in [-0.3, -0.25) is 0 Å². The third-order valence-electron chi connectivity index (χ3n) is 1.58. The van der Waals surface area contributed by atoms with E-state index in [0.717, 1.165) is 15.2 Å². The number of hydrogen-bond donors (Lipinski definition) is 0. The number of hydrogen-bond acceptors (Lipinski definition) is 2. The van der Waals surface area contributed by atoms with Gasteiger partial charge in [0, 0.05) is 5.41 Å².